The SMILES string of the molecule is CC(=N)C(=C(C)C)c1ccc(N)c(C(C)(/C=C/CC(C)c2ccccc2)c2ccccc2)c1. The second kappa shape index (κ2) is 10.5. The topological polar surface area (TPSA) is 49.9 Å². The predicted octanol–water partition coefficient (Wildman–Crippen LogP) is 8.16. The zero-order chi connectivity index (χ0) is 24.0. The Morgan fingerprint density at radius 2 is 1.55 bits per heavy atom. The van der Waals surface area contributed by atoms with Crippen LogP contribution in [0.1, 0.15) is 69.2 Å². The highest BCUT2D eigenvalue weighted by atomic mass is 14.6. The van der Waals surface area contributed by atoms with Crippen molar-refractivity contribution in [2.75, 3.05) is 5.73 Å². The van der Waals surface area contributed by atoms with Gasteiger partial charge in [-0.1, -0.05) is 91.4 Å². The molecule has 170 valence electrons. The number of nitrogens with two attached hydrogens (primary N) is 1. The summed E-state index contributed by atoms with van der Waals surface area (Å²) in [6.45, 7) is 10.5. The first-order chi connectivity index (χ1) is 15.7. The Bertz CT molecular complexity index is 1150. The second-order valence-electron chi connectivity index (χ2n) is 9.32. The Kier molecular flexibility index (Phi) is 7.71. The number of anilines is 1. The molecule has 3 rings (SSSR count). The van der Waals surface area contributed by atoms with Crippen LogP contribution in [0.15, 0.2) is 96.6 Å². The van der Waals surface area contributed by atoms with Gasteiger partial charge in [-0.2, -0.15) is 0 Å². The van der Waals surface area contributed by atoms with E-state index in [-0.39, 0.29) is 5.41 Å². The Hall–Kier alpha value is -3.39. The van der Waals surface area contributed by atoms with Gasteiger partial charge in [0, 0.05) is 22.4 Å². The van der Waals surface area contributed by atoms with Crippen LogP contribution in [0.3, 0.4) is 0 Å². The minimum Gasteiger partial charge on any atom is -0.398 e. The van der Waals surface area contributed by atoms with Gasteiger partial charge in [-0.15, -0.1) is 0 Å². The number of rotatable bonds is 8. The van der Waals surface area contributed by atoms with Gasteiger partial charge < -0.3 is 11.1 Å². The van der Waals surface area contributed by atoms with Gasteiger partial charge in [-0.05, 0) is 74.4 Å². The molecule has 2 unspecified atom stereocenters. The van der Waals surface area contributed by atoms with Gasteiger partial charge in [0.2, 0.25) is 0 Å². The second-order valence-corrected chi connectivity index (χ2v) is 9.32. The van der Waals surface area contributed by atoms with Gasteiger partial charge in [0.05, 0.1) is 0 Å². The van der Waals surface area contributed by atoms with Crippen molar-refractivity contribution in [2.24, 2.45) is 0 Å². The molecule has 0 saturated carbocycles. The van der Waals surface area contributed by atoms with Crippen LogP contribution < -0.4 is 5.73 Å². The molecule has 3 N–H and O–H groups in total. The summed E-state index contributed by atoms with van der Waals surface area (Å²) < 4.78 is 0. The van der Waals surface area contributed by atoms with Crippen molar-refractivity contribution < 1.29 is 0 Å². The van der Waals surface area contributed by atoms with Gasteiger partial charge in [-0.25, -0.2) is 0 Å². The molecule has 33 heavy (non-hydrogen) atoms. The molecule has 0 bridgehead atoms. The molecule has 3 aromatic rings. The number of hydrogen-bond donors (Lipinski definition) is 2. The van der Waals surface area contributed by atoms with E-state index in [2.05, 4.69) is 101 Å². The molecular formula is C31H36N2. The summed E-state index contributed by atoms with van der Waals surface area (Å²) in [6.07, 6.45) is 5.54. The predicted molar refractivity (Wildman–Crippen MR) is 144 cm³/mol. The monoisotopic (exact) mass is 436 g/mol. The lowest BCUT2D eigenvalue weighted by molar-refractivity contribution is 0.710. The van der Waals surface area contributed by atoms with Crippen molar-refractivity contribution in [3.05, 3.63) is 119 Å². The maximum Gasteiger partial charge on any atom is 0.0374 e. The van der Waals surface area contributed by atoms with Crippen molar-refractivity contribution in [1.29, 1.82) is 5.41 Å². The molecule has 0 amide bonds. The van der Waals surface area contributed by atoms with Crippen molar-refractivity contribution in [3.8, 4) is 0 Å². The molecule has 0 aliphatic carbocycles. The molecule has 2 heteroatoms. The molecule has 2 atom stereocenters. The van der Waals surface area contributed by atoms with Gasteiger partial charge in [0.15, 0.2) is 0 Å². The molecule has 0 aromatic heterocycles. The average molecular weight is 437 g/mol. The highest BCUT2D eigenvalue weighted by Gasteiger charge is 2.29. The van der Waals surface area contributed by atoms with Crippen molar-refractivity contribution in [3.63, 3.8) is 0 Å². The normalized spacial score (nSPS) is 14.0. The zero-order valence-electron chi connectivity index (χ0n) is 20.5. The van der Waals surface area contributed by atoms with Crippen LogP contribution in [-0.2, 0) is 5.41 Å². The maximum atomic E-state index is 8.30. The summed E-state index contributed by atoms with van der Waals surface area (Å²) in [6, 6.07) is 27.4. The van der Waals surface area contributed by atoms with E-state index in [0.717, 1.165) is 34.4 Å². The third kappa shape index (κ3) is 5.51. The van der Waals surface area contributed by atoms with Crippen LogP contribution in [-0.4, -0.2) is 5.71 Å². The summed E-state index contributed by atoms with van der Waals surface area (Å²) in [4.78, 5) is 0. The van der Waals surface area contributed by atoms with Crippen LogP contribution in [0.2, 0.25) is 0 Å². The van der Waals surface area contributed by atoms with E-state index in [4.69, 9.17) is 11.1 Å². The molecule has 0 radical (unpaired) electrons. The lowest BCUT2D eigenvalue weighted by Crippen LogP contribution is -2.23. The third-order valence-electron chi connectivity index (χ3n) is 6.46. The molecule has 0 aliphatic rings. The molecule has 0 saturated heterocycles. The largest absolute Gasteiger partial charge is 0.398 e. The third-order valence-corrected chi connectivity index (χ3v) is 6.46. The van der Waals surface area contributed by atoms with E-state index in [9.17, 15) is 0 Å². The van der Waals surface area contributed by atoms with Gasteiger partial charge in [-0.3, -0.25) is 0 Å². The molecule has 0 heterocycles. The molecule has 0 fully saturated rings. The summed E-state index contributed by atoms with van der Waals surface area (Å²) >= 11 is 0. The Balaban J connectivity index is 2.07. The van der Waals surface area contributed by atoms with E-state index in [1.54, 1.807) is 0 Å². The minimum atomic E-state index is -0.388. The highest BCUT2D eigenvalue weighted by Crippen LogP contribution is 2.39. The summed E-state index contributed by atoms with van der Waals surface area (Å²) in [5.74, 6) is 0.434. The first-order valence-electron chi connectivity index (χ1n) is 11.7. The number of benzene rings is 3. The van der Waals surface area contributed by atoms with Crippen molar-refractivity contribution in [2.45, 2.75) is 52.4 Å². The summed E-state index contributed by atoms with van der Waals surface area (Å²) in [5.41, 5.74) is 14.3. The van der Waals surface area contributed by atoms with Gasteiger partial charge >= 0.3 is 0 Å². The van der Waals surface area contributed by atoms with E-state index in [1.807, 2.05) is 25.1 Å². The Labute approximate surface area is 199 Å². The smallest absolute Gasteiger partial charge is 0.0374 e. The van der Waals surface area contributed by atoms with Crippen LogP contribution in [0, 0.1) is 5.41 Å². The summed E-state index contributed by atoms with van der Waals surface area (Å²) in [7, 11) is 0. The zero-order valence-corrected chi connectivity index (χ0v) is 20.5. The van der Waals surface area contributed by atoms with E-state index in [1.165, 1.54) is 11.1 Å². The molecule has 2 nitrogen and oxygen atoms in total. The van der Waals surface area contributed by atoms with Gasteiger partial charge in [0.1, 0.15) is 0 Å². The summed E-state index contributed by atoms with van der Waals surface area (Å²) in [5, 5.41) is 8.30. The fourth-order valence-electron chi connectivity index (χ4n) is 4.59. The van der Waals surface area contributed by atoms with Crippen LogP contribution in [0.25, 0.3) is 5.57 Å². The first kappa shape index (κ1) is 24.3. The fourth-order valence-corrected chi connectivity index (χ4v) is 4.59. The van der Waals surface area contributed by atoms with Crippen LogP contribution in [0.5, 0.6) is 0 Å². The van der Waals surface area contributed by atoms with E-state index < -0.39 is 0 Å². The van der Waals surface area contributed by atoms with E-state index >= 15 is 0 Å². The Morgan fingerprint density at radius 1 is 0.939 bits per heavy atom. The molecule has 0 spiro atoms. The number of nitrogens with one attached hydrogen (secondary N) is 1. The first-order valence-corrected chi connectivity index (χ1v) is 11.7. The lowest BCUT2D eigenvalue weighted by atomic mass is 9.74. The minimum absolute atomic E-state index is 0.388. The van der Waals surface area contributed by atoms with Crippen LogP contribution in [0.4, 0.5) is 5.69 Å². The molecule has 3 aromatic carbocycles. The number of hydrogen-bond acceptors (Lipinski definition) is 2. The highest BCUT2D eigenvalue weighted by molar-refractivity contribution is 6.22. The Morgan fingerprint density at radius 3 is 2.12 bits per heavy atom. The van der Waals surface area contributed by atoms with Crippen molar-refractivity contribution >= 4 is 17.0 Å². The maximum absolute atomic E-state index is 8.30. The number of allylic oxidation sites excluding steroid dienone is 4. The molecular weight excluding hydrogens is 400 g/mol. The van der Waals surface area contributed by atoms with Gasteiger partial charge in [0.25, 0.3) is 0 Å². The van der Waals surface area contributed by atoms with E-state index in [0.29, 0.717) is 11.6 Å². The lowest BCUT2D eigenvalue weighted by Gasteiger charge is -2.30. The quantitative estimate of drug-likeness (QED) is 0.209. The standard InChI is InChI=1S/C31H36N2/c1-22(2)30(24(4)32)26-18-19-29(33)28(21-26)31(5,27-16-10-7-11-17-27)20-12-13-23(3)25-14-8-6-9-15-25/h6-12,14-21,23,32H,13,33H2,1-5H3/b20-12+,32-24?. The fraction of sp³-hybridized carbons (Fsp3) is 0.258. The average Bonchev–Trinajstić information content (AvgIpc) is 2.80. The number of nitrogen functional groups attached to an aromatic ring is 1. The molecule has 0 aliphatic heterocycles. The van der Waals surface area contributed by atoms with Crippen molar-refractivity contribution in [1.82, 2.24) is 0 Å². The van der Waals surface area contributed by atoms with Crippen LogP contribution >= 0.6 is 0 Å².